The molecule has 228 valence electrons. The minimum absolute atomic E-state index is 0.0466. The molecule has 4 rings (SSSR count). The summed E-state index contributed by atoms with van der Waals surface area (Å²) in [6, 6.07) is 11.4. The first-order valence-electron chi connectivity index (χ1n) is 15.5. The number of carbonyl (C=O) groups is 1. The van der Waals surface area contributed by atoms with E-state index in [9.17, 15) is 4.79 Å². The number of amides is 1. The molecule has 0 spiro atoms. The first kappa shape index (κ1) is 33.1. The van der Waals surface area contributed by atoms with Crippen molar-refractivity contribution in [3.63, 3.8) is 0 Å². The van der Waals surface area contributed by atoms with Crippen molar-refractivity contribution in [1.29, 1.82) is 0 Å². The van der Waals surface area contributed by atoms with E-state index in [4.69, 9.17) is 9.59 Å². The molecule has 0 unspecified atom stereocenters. The molecule has 2 aromatic heterocycles. The largest absolute Gasteiger partial charge is 0.373 e. The quantitative estimate of drug-likeness (QED) is 0.281. The average molecular weight is 575 g/mol. The lowest BCUT2D eigenvalue weighted by atomic mass is 9.81. The van der Waals surface area contributed by atoms with Crippen molar-refractivity contribution < 1.29 is 14.4 Å². The second-order valence-electron chi connectivity index (χ2n) is 13.4. The third-order valence-electron chi connectivity index (χ3n) is 8.34. The van der Waals surface area contributed by atoms with Crippen molar-refractivity contribution in [3.8, 4) is 22.5 Å². The fourth-order valence-corrected chi connectivity index (χ4v) is 6.03. The Hall–Kier alpha value is -3.44. The summed E-state index contributed by atoms with van der Waals surface area (Å²) in [5.74, 6) is 1.28. The van der Waals surface area contributed by atoms with Crippen LogP contribution in [0.1, 0.15) is 115 Å². The molecule has 1 N–H and O–H groups in total. The van der Waals surface area contributed by atoms with Crippen molar-refractivity contribution in [2.24, 2.45) is 11.8 Å². The summed E-state index contributed by atoms with van der Waals surface area (Å²) >= 11 is 0. The summed E-state index contributed by atoms with van der Waals surface area (Å²) in [5, 5.41) is 7.80. The number of aromatic nitrogens is 3. The summed E-state index contributed by atoms with van der Waals surface area (Å²) in [4.78, 5) is 29.6. The summed E-state index contributed by atoms with van der Waals surface area (Å²) in [6.45, 7) is 19.4. The van der Waals surface area contributed by atoms with Crippen LogP contribution in [0.5, 0.6) is 0 Å². The highest BCUT2D eigenvalue weighted by Crippen LogP contribution is 2.38. The maximum absolute atomic E-state index is 13.3. The molecular weight excluding hydrogens is 524 g/mol. The normalized spacial score (nSPS) is 14.0. The maximum Gasteiger partial charge on any atom is 0.373 e. The molecule has 0 aliphatic heterocycles. The lowest BCUT2D eigenvalue weighted by molar-refractivity contribution is -0.191. The van der Waals surface area contributed by atoms with E-state index in [2.05, 4.69) is 105 Å². The van der Waals surface area contributed by atoms with Gasteiger partial charge in [0.1, 0.15) is 0 Å². The standard InChI is InChI=1S/C34H50N4O.CO2/c1-23(2)16-18-35-33(39)29-21-32(37(25(29)5)22-26-12-10-9-11-13-26)27-14-15-28(30(20-27)34(6,7)8)31-17-19-36-38(31)24(3)4;2-1-3/h14-15,17,19-21,23-24,26H,9-13,16,18,22H2,1-8H3,(H,35,39);. The van der Waals surface area contributed by atoms with Crippen molar-refractivity contribution >= 4 is 12.1 Å². The van der Waals surface area contributed by atoms with Crippen LogP contribution in [-0.2, 0) is 21.5 Å². The fraction of sp³-hybridized carbons (Fsp3) is 0.571. The van der Waals surface area contributed by atoms with E-state index < -0.39 is 0 Å². The smallest absolute Gasteiger partial charge is 0.352 e. The van der Waals surface area contributed by atoms with Crippen molar-refractivity contribution in [1.82, 2.24) is 19.7 Å². The fourth-order valence-electron chi connectivity index (χ4n) is 6.03. The number of benzene rings is 1. The van der Waals surface area contributed by atoms with E-state index >= 15 is 0 Å². The lowest BCUT2D eigenvalue weighted by Gasteiger charge is -2.26. The van der Waals surface area contributed by atoms with Gasteiger partial charge in [0.05, 0.1) is 11.3 Å². The molecule has 1 saturated carbocycles. The summed E-state index contributed by atoms with van der Waals surface area (Å²) < 4.78 is 4.55. The van der Waals surface area contributed by atoms with E-state index in [1.807, 2.05) is 6.20 Å². The number of carbonyl (C=O) groups excluding carboxylic acids is 3. The van der Waals surface area contributed by atoms with Crippen LogP contribution >= 0.6 is 0 Å². The van der Waals surface area contributed by atoms with Crippen LogP contribution in [0.2, 0.25) is 0 Å². The molecular formula is C35H50N4O3. The lowest BCUT2D eigenvalue weighted by Crippen LogP contribution is -2.26. The van der Waals surface area contributed by atoms with Crippen LogP contribution < -0.4 is 5.32 Å². The molecule has 1 fully saturated rings. The van der Waals surface area contributed by atoms with Crippen LogP contribution in [0.25, 0.3) is 22.5 Å². The van der Waals surface area contributed by atoms with Gasteiger partial charge in [-0.3, -0.25) is 9.48 Å². The van der Waals surface area contributed by atoms with E-state index in [0.717, 1.165) is 35.6 Å². The van der Waals surface area contributed by atoms with Crippen LogP contribution in [-0.4, -0.2) is 33.0 Å². The Balaban J connectivity index is 0.00000155. The maximum atomic E-state index is 13.3. The SMILES string of the molecule is Cc1c(C(=O)NCCC(C)C)cc(-c2ccc(-c3ccnn3C(C)C)c(C(C)(C)C)c2)n1CC1CCCCC1.O=C=O. The Morgan fingerprint density at radius 3 is 2.29 bits per heavy atom. The zero-order valence-electron chi connectivity index (χ0n) is 26.9. The predicted octanol–water partition coefficient (Wildman–Crippen LogP) is 7.98. The van der Waals surface area contributed by atoms with E-state index in [1.54, 1.807) is 0 Å². The van der Waals surface area contributed by atoms with E-state index in [-0.39, 0.29) is 23.5 Å². The molecule has 7 nitrogen and oxygen atoms in total. The molecule has 2 heterocycles. The van der Waals surface area contributed by atoms with E-state index in [0.29, 0.717) is 18.4 Å². The van der Waals surface area contributed by atoms with Crippen molar-refractivity contribution in [3.05, 3.63) is 53.3 Å². The molecule has 1 aromatic carbocycles. The highest BCUT2D eigenvalue weighted by molar-refractivity contribution is 5.97. The van der Waals surface area contributed by atoms with Gasteiger partial charge in [-0.05, 0) is 86.6 Å². The number of nitrogens with zero attached hydrogens (tertiary/aromatic N) is 3. The molecule has 0 bridgehead atoms. The van der Waals surface area contributed by atoms with Crippen molar-refractivity contribution in [2.75, 3.05) is 6.54 Å². The minimum Gasteiger partial charge on any atom is -0.352 e. The second kappa shape index (κ2) is 14.6. The first-order valence-corrected chi connectivity index (χ1v) is 15.5. The predicted molar refractivity (Wildman–Crippen MR) is 168 cm³/mol. The summed E-state index contributed by atoms with van der Waals surface area (Å²) in [5.41, 5.74) is 7.85. The van der Waals surface area contributed by atoms with Gasteiger partial charge in [-0.2, -0.15) is 14.7 Å². The number of hydrogen-bond acceptors (Lipinski definition) is 4. The Morgan fingerprint density at radius 2 is 1.69 bits per heavy atom. The summed E-state index contributed by atoms with van der Waals surface area (Å²) in [7, 11) is 0. The van der Waals surface area contributed by atoms with E-state index in [1.165, 1.54) is 48.8 Å². The molecule has 0 atom stereocenters. The third kappa shape index (κ3) is 8.10. The Bertz CT molecular complexity index is 1360. The van der Waals surface area contributed by atoms with Crippen LogP contribution in [0.3, 0.4) is 0 Å². The van der Waals surface area contributed by atoms with Gasteiger partial charge in [0.25, 0.3) is 5.91 Å². The van der Waals surface area contributed by atoms with Crippen LogP contribution in [0.15, 0.2) is 36.5 Å². The van der Waals surface area contributed by atoms with Crippen LogP contribution in [0.4, 0.5) is 0 Å². The van der Waals surface area contributed by atoms with Gasteiger partial charge in [0, 0.05) is 42.3 Å². The molecule has 0 saturated heterocycles. The third-order valence-corrected chi connectivity index (χ3v) is 8.34. The second-order valence-corrected chi connectivity index (χ2v) is 13.4. The molecule has 3 aromatic rings. The first-order chi connectivity index (χ1) is 19.9. The van der Waals surface area contributed by atoms with Gasteiger partial charge in [0.15, 0.2) is 0 Å². The Labute approximate surface area is 252 Å². The van der Waals surface area contributed by atoms with Gasteiger partial charge >= 0.3 is 6.15 Å². The van der Waals surface area contributed by atoms with Crippen molar-refractivity contribution in [2.45, 2.75) is 112 Å². The zero-order chi connectivity index (χ0) is 31.0. The topological polar surface area (TPSA) is 86.0 Å². The Kier molecular flexibility index (Phi) is 11.5. The number of rotatable bonds is 9. The van der Waals surface area contributed by atoms with Gasteiger partial charge in [0.2, 0.25) is 0 Å². The molecule has 0 radical (unpaired) electrons. The highest BCUT2D eigenvalue weighted by Gasteiger charge is 2.26. The highest BCUT2D eigenvalue weighted by atomic mass is 16.2. The number of nitrogens with one attached hydrogen (secondary N) is 1. The monoisotopic (exact) mass is 574 g/mol. The van der Waals surface area contributed by atoms with Gasteiger partial charge in [-0.1, -0.05) is 66.0 Å². The molecule has 42 heavy (non-hydrogen) atoms. The molecule has 1 amide bonds. The Morgan fingerprint density at radius 1 is 1.02 bits per heavy atom. The number of hydrogen-bond donors (Lipinski definition) is 1. The molecule has 1 aliphatic rings. The molecule has 7 heteroatoms. The minimum atomic E-state index is -0.0513. The van der Waals surface area contributed by atoms with Gasteiger partial charge < -0.3 is 9.88 Å². The zero-order valence-corrected chi connectivity index (χ0v) is 26.9. The molecule has 1 aliphatic carbocycles. The van der Waals surface area contributed by atoms with Gasteiger partial charge in [-0.25, -0.2) is 0 Å². The van der Waals surface area contributed by atoms with Crippen LogP contribution in [0, 0.1) is 18.8 Å². The summed E-state index contributed by atoms with van der Waals surface area (Å²) in [6.07, 6.45) is 9.67. The van der Waals surface area contributed by atoms with Gasteiger partial charge in [-0.15, -0.1) is 0 Å². The average Bonchev–Trinajstić information content (AvgIpc) is 3.54.